The van der Waals surface area contributed by atoms with Gasteiger partial charge in [0, 0.05) is 51.5 Å². The van der Waals surface area contributed by atoms with Gasteiger partial charge in [-0.1, -0.05) is 12.1 Å². The summed E-state index contributed by atoms with van der Waals surface area (Å²) in [4.78, 5) is 11.5. The quantitative estimate of drug-likeness (QED) is 0.592. The molecule has 1 atom stereocenters. The molecule has 1 N–H and O–H groups in total. The number of nitrogens with one attached hydrogen (secondary N) is 1. The van der Waals surface area contributed by atoms with Gasteiger partial charge in [0.15, 0.2) is 5.96 Å². The Bertz CT molecular complexity index is 809. The molecule has 1 aliphatic heterocycles. The predicted molar refractivity (Wildman–Crippen MR) is 116 cm³/mol. The van der Waals surface area contributed by atoms with Gasteiger partial charge in [-0.3, -0.25) is 9.67 Å². The number of guanidine groups is 1. The number of piperazine rings is 1. The van der Waals surface area contributed by atoms with E-state index >= 15 is 0 Å². The van der Waals surface area contributed by atoms with Crippen LogP contribution in [0.4, 0.5) is 10.1 Å². The van der Waals surface area contributed by atoms with Gasteiger partial charge in [0.1, 0.15) is 5.82 Å². The van der Waals surface area contributed by atoms with Gasteiger partial charge in [0.2, 0.25) is 0 Å². The Hall–Kier alpha value is -2.61. The maximum absolute atomic E-state index is 14.1. The molecule has 158 valence electrons. The molecule has 0 saturated carbocycles. The van der Waals surface area contributed by atoms with E-state index in [0.29, 0.717) is 12.2 Å². The lowest BCUT2D eigenvalue weighted by molar-refractivity contribution is 0.303. The van der Waals surface area contributed by atoms with Crippen LogP contribution in [0.15, 0.2) is 41.7 Å². The van der Waals surface area contributed by atoms with Crippen LogP contribution in [0.1, 0.15) is 18.5 Å². The lowest BCUT2D eigenvalue weighted by atomic mass is 10.1. The topological polar surface area (TPSA) is 51.9 Å². The van der Waals surface area contributed by atoms with Gasteiger partial charge in [-0.25, -0.2) is 4.39 Å². The first kappa shape index (κ1) is 21.1. The van der Waals surface area contributed by atoms with E-state index in [4.69, 9.17) is 4.99 Å². The Labute approximate surface area is 172 Å². The summed E-state index contributed by atoms with van der Waals surface area (Å²) in [6.07, 6.45) is 3.95. The minimum absolute atomic E-state index is 0.160. The van der Waals surface area contributed by atoms with Gasteiger partial charge in [0.25, 0.3) is 0 Å². The number of hydrogen-bond acceptors (Lipinski definition) is 4. The molecule has 1 aromatic heterocycles. The summed E-state index contributed by atoms with van der Waals surface area (Å²) in [5.41, 5.74) is 1.83. The van der Waals surface area contributed by atoms with Gasteiger partial charge in [-0.15, -0.1) is 0 Å². The minimum atomic E-state index is -0.160. The largest absolute Gasteiger partial charge is 0.366 e. The third-order valence-corrected chi connectivity index (χ3v) is 5.25. The molecule has 1 aliphatic rings. The molecular formula is C21H32FN7. The third kappa shape index (κ3) is 5.26. The normalized spacial score (nSPS) is 16.4. The summed E-state index contributed by atoms with van der Waals surface area (Å²) in [6.45, 7) is 6.69. The summed E-state index contributed by atoms with van der Waals surface area (Å²) in [5, 5.41) is 7.71. The van der Waals surface area contributed by atoms with E-state index in [1.165, 1.54) is 6.07 Å². The number of aromatic nitrogens is 2. The van der Waals surface area contributed by atoms with E-state index in [1.54, 1.807) is 6.07 Å². The lowest BCUT2D eigenvalue weighted by Gasteiger charge is -2.38. The van der Waals surface area contributed by atoms with E-state index in [0.717, 1.165) is 44.2 Å². The van der Waals surface area contributed by atoms with Crippen molar-refractivity contribution in [2.75, 3.05) is 58.3 Å². The molecule has 1 unspecified atom stereocenters. The number of hydrogen-bond donors (Lipinski definition) is 1. The first-order chi connectivity index (χ1) is 14.0. The number of nitrogens with zero attached hydrogens (tertiary/aromatic N) is 6. The van der Waals surface area contributed by atoms with Crippen LogP contribution in [0, 0.1) is 5.82 Å². The van der Waals surface area contributed by atoms with Crippen LogP contribution in [0.3, 0.4) is 0 Å². The maximum atomic E-state index is 14.1. The van der Waals surface area contributed by atoms with Crippen molar-refractivity contribution in [1.29, 1.82) is 0 Å². The second-order valence-electron chi connectivity index (χ2n) is 7.55. The molecule has 3 rings (SSSR count). The molecule has 0 spiro atoms. The zero-order valence-corrected chi connectivity index (χ0v) is 17.8. The number of anilines is 1. The Morgan fingerprint density at radius 1 is 1.24 bits per heavy atom. The molecule has 1 fully saturated rings. The highest BCUT2D eigenvalue weighted by molar-refractivity contribution is 5.80. The lowest BCUT2D eigenvalue weighted by Crippen LogP contribution is -2.53. The van der Waals surface area contributed by atoms with Gasteiger partial charge in [-0.2, -0.15) is 5.10 Å². The average molecular weight is 402 g/mol. The van der Waals surface area contributed by atoms with Crippen LogP contribution >= 0.6 is 0 Å². The van der Waals surface area contributed by atoms with Crippen LogP contribution < -0.4 is 10.2 Å². The standard InChI is InChI=1S/C21H32FN7/c1-5-23-21(24-15-20(26(2)3)17-14-25-27(4)16-17)29-12-10-28(11-13-29)19-9-7-6-8-18(19)22/h6-9,14,16,20H,5,10-13,15H2,1-4H3,(H,23,24). The van der Waals surface area contributed by atoms with E-state index < -0.39 is 0 Å². The van der Waals surface area contributed by atoms with Crippen molar-refractivity contribution in [3.8, 4) is 0 Å². The molecule has 8 heteroatoms. The number of aliphatic imine (C=N–C) groups is 1. The first-order valence-corrected chi connectivity index (χ1v) is 10.2. The molecule has 0 bridgehead atoms. The van der Waals surface area contributed by atoms with Crippen molar-refractivity contribution in [2.45, 2.75) is 13.0 Å². The number of benzene rings is 1. The fraction of sp³-hybridized carbons (Fsp3) is 0.524. The molecule has 1 saturated heterocycles. The van der Waals surface area contributed by atoms with Crippen molar-refractivity contribution in [3.05, 3.63) is 48.0 Å². The number of para-hydroxylation sites is 1. The SMILES string of the molecule is CCNC(=NCC(c1cnn(C)c1)N(C)C)N1CCN(c2ccccc2F)CC1. The van der Waals surface area contributed by atoms with Crippen molar-refractivity contribution >= 4 is 11.6 Å². The van der Waals surface area contributed by atoms with Crippen molar-refractivity contribution in [2.24, 2.45) is 12.0 Å². The van der Waals surface area contributed by atoms with Gasteiger partial charge >= 0.3 is 0 Å². The Morgan fingerprint density at radius 2 is 1.97 bits per heavy atom. The number of likely N-dealkylation sites (N-methyl/N-ethyl adjacent to an activating group) is 1. The number of halogens is 1. The molecule has 29 heavy (non-hydrogen) atoms. The second kappa shape index (κ2) is 9.73. The monoisotopic (exact) mass is 401 g/mol. The average Bonchev–Trinajstić information content (AvgIpc) is 3.13. The second-order valence-corrected chi connectivity index (χ2v) is 7.55. The molecule has 2 aromatic rings. The van der Waals surface area contributed by atoms with E-state index in [1.807, 2.05) is 36.3 Å². The zero-order chi connectivity index (χ0) is 20.8. The molecule has 1 aromatic carbocycles. The summed E-state index contributed by atoms with van der Waals surface area (Å²) < 4.78 is 15.9. The van der Waals surface area contributed by atoms with Gasteiger partial charge < -0.3 is 20.0 Å². The number of rotatable bonds is 6. The molecule has 0 aliphatic carbocycles. The maximum Gasteiger partial charge on any atom is 0.194 e. The van der Waals surface area contributed by atoms with E-state index in [-0.39, 0.29) is 11.9 Å². The Kier molecular flexibility index (Phi) is 7.09. The highest BCUT2D eigenvalue weighted by Gasteiger charge is 2.22. The van der Waals surface area contributed by atoms with Gasteiger partial charge in [0.05, 0.1) is 24.5 Å². The molecule has 7 nitrogen and oxygen atoms in total. The van der Waals surface area contributed by atoms with Crippen LogP contribution in [0.2, 0.25) is 0 Å². The van der Waals surface area contributed by atoms with Crippen molar-refractivity contribution in [3.63, 3.8) is 0 Å². The van der Waals surface area contributed by atoms with Crippen molar-refractivity contribution in [1.82, 2.24) is 24.9 Å². The zero-order valence-electron chi connectivity index (χ0n) is 17.8. The first-order valence-electron chi connectivity index (χ1n) is 10.2. The van der Waals surface area contributed by atoms with Crippen LogP contribution in [0.5, 0.6) is 0 Å². The Morgan fingerprint density at radius 3 is 2.55 bits per heavy atom. The summed E-state index contributed by atoms with van der Waals surface area (Å²) in [7, 11) is 6.05. The summed E-state index contributed by atoms with van der Waals surface area (Å²) in [5.74, 6) is 0.753. The molecule has 0 radical (unpaired) electrons. The summed E-state index contributed by atoms with van der Waals surface area (Å²) in [6, 6.07) is 7.15. The Balaban J connectivity index is 1.67. The molecule has 0 amide bonds. The summed E-state index contributed by atoms with van der Waals surface area (Å²) >= 11 is 0. The van der Waals surface area contributed by atoms with Crippen molar-refractivity contribution < 1.29 is 4.39 Å². The van der Waals surface area contributed by atoms with Crippen LogP contribution in [-0.2, 0) is 7.05 Å². The highest BCUT2D eigenvalue weighted by atomic mass is 19.1. The fourth-order valence-corrected chi connectivity index (χ4v) is 3.65. The van der Waals surface area contributed by atoms with E-state index in [9.17, 15) is 4.39 Å². The smallest absolute Gasteiger partial charge is 0.194 e. The highest BCUT2D eigenvalue weighted by Crippen LogP contribution is 2.21. The van der Waals surface area contributed by atoms with Crippen LogP contribution in [0.25, 0.3) is 0 Å². The van der Waals surface area contributed by atoms with Crippen LogP contribution in [-0.4, -0.2) is 78.9 Å². The molecule has 2 heterocycles. The van der Waals surface area contributed by atoms with E-state index in [2.05, 4.69) is 46.1 Å². The third-order valence-electron chi connectivity index (χ3n) is 5.25. The minimum Gasteiger partial charge on any atom is -0.366 e. The molecular weight excluding hydrogens is 369 g/mol. The van der Waals surface area contributed by atoms with Gasteiger partial charge in [-0.05, 0) is 33.2 Å². The predicted octanol–water partition coefficient (Wildman–Crippen LogP) is 1.95. The number of aryl methyl sites for hydroxylation is 1. The fourth-order valence-electron chi connectivity index (χ4n) is 3.65.